The molecule has 5 N–H and O–H groups in total. The highest BCUT2D eigenvalue weighted by Gasteiger charge is 2.39. The van der Waals surface area contributed by atoms with Crippen molar-refractivity contribution in [2.24, 2.45) is 5.92 Å². The smallest absolute Gasteiger partial charge is 0.407 e. The summed E-state index contributed by atoms with van der Waals surface area (Å²) in [5, 5.41) is 17.9. The van der Waals surface area contributed by atoms with Crippen molar-refractivity contribution < 1.29 is 29.0 Å². The van der Waals surface area contributed by atoms with Gasteiger partial charge in [0.05, 0.1) is 42.9 Å². The van der Waals surface area contributed by atoms with Crippen molar-refractivity contribution in [3.63, 3.8) is 0 Å². The van der Waals surface area contributed by atoms with Crippen molar-refractivity contribution in [3.8, 4) is 33.6 Å². The Balaban J connectivity index is 0.865. The number of amides is 5. The number of rotatable bonds is 11. The Morgan fingerprint density at radius 2 is 1.40 bits per heavy atom. The zero-order chi connectivity index (χ0) is 45.2. The molecule has 0 bridgehead atoms. The number of benzene rings is 4. The third-order valence-corrected chi connectivity index (χ3v) is 13.1. The molecule has 3 aliphatic rings. The molecule has 0 radical (unpaired) electrons. The summed E-state index contributed by atoms with van der Waals surface area (Å²) in [4.78, 5) is 74.9. The third-order valence-electron chi connectivity index (χ3n) is 13.1. The first kappa shape index (κ1) is 43.3. The van der Waals surface area contributed by atoms with E-state index >= 15 is 0 Å². The fraction of sp³-hybridized carbons (Fsp3) is 0.360. The molecule has 3 saturated heterocycles. The Hall–Kier alpha value is -7.00. The average Bonchev–Trinajstić information content (AvgIpc) is 4.19. The van der Waals surface area contributed by atoms with Crippen LogP contribution in [0.3, 0.4) is 0 Å². The number of β-amino-alcohol motifs (C(OH)–C–C–N with tert-alkyl or cyclic N) is 1. The van der Waals surface area contributed by atoms with Crippen LogP contribution in [0.1, 0.15) is 81.3 Å². The lowest BCUT2D eigenvalue weighted by Crippen LogP contribution is -2.51. The predicted octanol–water partition coefficient (Wildman–Crippen LogP) is 7.51. The second-order valence-electron chi connectivity index (χ2n) is 17.6. The highest BCUT2D eigenvalue weighted by molar-refractivity contribution is 5.91. The molecule has 2 aromatic heterocycles. The van der Waals surface area contributed by atoms with E-state index in [9.17, 15) is 24.3 Å². The number of likely N-dealkylation sites (tertiary alicyclic amines) is 3. The van der Waals surface area contributed by atoms with Crippen LogP contribution >= 0.6 is 0 Å². The number of fused-ring (bicyclic) bond motifs is 1. The van der Waals surface area contributed by atoms with E-state index in [0.717, 1.165) is 75.9 Å². The minimum Gasteiger partial charge on any atom is -0.453 e. The number of H-pyrrole nitrogens is 2. The minimum absolute atomic E-state index is 0.111. The standard InChI is InChI=1S/C50H55N9O6/c1-30(2)43(56-50(64)65-3)47(61)58-22-7-11-41(58)46-52-28-40(54-46)37-20-19-35-25-34(17-18-36(35)26-37)31-13-15-32(16-14-31)39-27-51-45(53-39)42-12-8-23-59(42)48(62)44(33-9-5-4-6-10-33)55-49(63)57-24-21-38(60)29-57/h4-6,9-10,13-20,25-28,30,38,41-44,60H,7-8,11-12,21-24,29H2,1-3H3,(H,51,53)(H,52,54)(H,55,63)(H,56,64)/t38-,41-,42-,43-,44+/m0/s1. The number of carbonyl (C=O) groups is 4. The first-order chi connectivity index (χ1) is 31.5. The number of alkyl carbamates (subject to hydrolysis) is 1. The molecule has 9 rings (SSSR count). The number of aliphatic hydroxyl groups excluding tert-OH is 1. The van der Waals surface area contributed by atoms with Gasteiger partial charge in [-0.1, -0.05) is 92.7 Å². The van der Waals surface area contributed by atoms with Gasteiger partial charge in [-0.15, -0.1) is 0 Å². The molecule has 6 aromatic rings. The Morgan fingerprint density at radius 3 is 2.08 bits per heavy atom. The van der Waals surface area contributed by atoms with Crippen LogP contribution in [0.2, 0.25) is 0 Å². The minimum atomic E-state index is -0.873. The summed E-state index contributed by atoms with van der Waals surface area (Å²) >= 11 is 0. The lowest BCUT2D eigenvalue weighted by atomic mass is 9.98. The fourth-order valence-corrected chi connectivity index (χ4v) is 9.48. The number of hydrogen-bond donors (Lipinski definition) is 5. The van der Waals surface area contributed by atoms with Crippen molar-refractivity contribution in [2.75, 3.05) is 33.3 Å². The maximum Gasteiger partial charge on any atom is 0.407 e. The first-order valence-corrected chi connectivity index (χ1v) is 22.5. The number of hydrogen-bond acceptors (Lipinski definition) is 8. The van der Waals surface area contributed by atoms with E-state index in [-0.39, 0.29) is 42.4 Å². The van der Waals surface area contributed by atoms with Crippen molar-refractivity contribution in [1.82, 2.24) is 45.3 Å². The lowest BCUT2D eigenvalue weighted by molar-refractivity contribution is -0.135. The second-order valence-corrected chi connectivity index (χ2v) is 17.6. The zero-order valence-corrected chi connectivity index (χ0v) is 36.9. The van der Waals surface area contributed by atoms with Gasteiger partial charge in [0.1, 0.15) is 23.7 Å². The highest BCUT2D eigenvalue weighted by atomic mass is 16.5. The number of aromatic nitrogens is 4. The van der Waals surface area contributed by atoms with E-state index in [2.05, 4.69) is 81.3 Å². The molecule has 65 heavy (non-hydrogen) atoms. The SMILES string of the molecule is COC(=O)N[C@H](C(=O)N1CCC[C@H]1c1nc(-c2ccc3cc(-c4ccc(-c5cnc([C@@H]6CCCN6C(=O)[C@H](NC(=O)N6CC[C@H](O)C6)c6ccccc6)[nH]5)cc4)ccc3c2)c[nH]1)C(C)C. The van der Waals surface area contributed by atoms with Gasteiger partial charge in [0.2, 0.25) is 11.8 Å². The Bertz CT molecular complexity index is 2680. The number of imidazole rings is 2. The van der Waals surface area contributed by atoms with Gasteiger partial charge in [0.15, 0.2) is 0 Å². The average molecular weight is 878 g/mol. The van der Waals surface area contributed by atoms with Crippen molar-refractivity contribution in [2.45, 2.75) is 76.2 Å². The van der Waals surface area contributed by atoms with Gasteiger partial charge in [-0.3, -0.25) is 9.59 Å². The molecular weight excluding hydrogens is 823 g/mol. The number of urea groups is 1. The first-order valence-electron chi connectivity index (χ1n) is 22.5. The summed E-state index contributed by atoms with van der Waals surface area (Å²) in [6.07, 6.45) is 6.22. The lowest BCUT2D eigenvalue weighted by Gasteiger charge is -2.30. The van der Waals surface area contributed by atoms with Crippen LogP contribution in [0.5, 0.6) is 0 Å². The van der Waals surface area contributed by atoms with Crippen LogP contribution < -0.4 is 10.6 Å². The molecule has 5 atom stereocenters. The monoisotopic (exact) mass is 877 g/mol. The summed E-state index contributed by atoms with van der Waals surface area (Å²) in [6, 6.07) is 27.9. The topological polar surface area (TPSA) is 189 Å². The maximum atomic E-state index is 14.3. The van der Waals surface area contributed by atoms with E-state index in [1.165, 1.54) is 7.11 Å². The normalized spacial score (nSPS) is 19.5. The van der Waals surface area contributed by atoms with Crippen LogP contribution in [0.4, 0.5) is 9.59 Å². The van der Waals surface area contributed by atoms with Crippen LogP contribution in [0.15, 0.2) is 103 Å². The van der Waals surface area contributed by atoms with E-state index in [4.69, 9.17) is 14.7 Å². The summed E-state index contributed by atoms with van der Waals surface area (Å²) in [5.41, 5.74) is 6.43. The van der Waals surface area contributed by atoms with Crippen LogP contribution in [0, 0.1) is 5.92 Å². The largest absolute Gasteiger partial charge is 0.453 e. The molecule has 4 aromatic carbocycles. The molecule has 0 unspecified atom stereocenters. The van der Waals surface area contributed by atoms with E-state index in [1.807, 2.05) is 66.4 Å². The van der Waals surface area contributed by atoms with Gasteiger partial charge in [0, 0.05) is 37.9 Å². The third kappa shape index (κ3) is 9.05. The summed E-state index contributed by atoms with van der Waals surface area (Å²) in [6.45, 7) is 5.64. The Labute approximate surface area is 377 Å². The van der Waals surface area contributed by atoms with Crippen molar-refractivity contribution in [3.05, 3.63) is 121 Å². The molecule has 5 heterocycles. The van der Waals surface area contributed by atoms with Gasteiger partial charge < -0.3 is 45.1 Å². The number of nitrogens with zero attached hydrogens (tertiary/aromatic N) is 5. The van der Waals surface area contributed by atoms with E-state index in [0.29, 0.717) is 37.4 Å². The number of carbonyl (C=O) groups excluding carboxylic acids is 4. The van der Waals surface area contributed by atoms with Crippen LogP contribution in [0.25, 0.3) is 44.4 Å². The Kier molecular flexibility index (Phi) is 12.4. The summed E-state index contributed by atoms with van der Waals surface area (Å²) < 4.78 is 4.78. The van der Waals surface area contributed by atoms with Gasteiger partial charge >= 0.3 is 12.1 Å². The van der Waals surface area contributed by atoms with Gasteiger partial charge in [-0.2, -0.15) is 0 Å². The summed E-state index contributed by atoms with van der Waals surface area (Å²) in [7, 11) is 1.29. The molecule has 15 heteroatoms. The zero-order valence-electron chi connectivity index (χ0n) is 36.9. The summed E-state index contributed by atoms with van der Waals surface area (Å²) in [5.74, 6) is 0.987. The van der Waals surface area contributed by atoms with Gasteiger partial charge in [-0.05, 0) is 83.2 Å². The molecule has 0 saturated carbocycles. The molecule has 15 nitrogen and oxygen atoms in total. The van der Waals surface area contributed by atoms with Gasteiger partial charge in [-0.25, -0.2) is 19.6 Å². The number of methoxy groups -OCH3 is 1. The van der Waals surface area contributed by atoms with Crippen molar-refractivity contribution >= 4 is 34.7 Å². The number of ether oxygens (including phenoxy) is 1. The van der Waals surface area contributed by atoms with Crippen LogP contribution in [-0.2, 0) is 14.3 Å². The second kappa shape index (κ2) is 18.6. The maximum absolute atomic E-state index is 14.3. The number of nitrogens with one attached hydrogen (secondary N) is 4. The molecular formula is C50H55N9O6. The molecule has 0 spiro atoms. The van der Waals surface area contributed by atoms with Gasteiger partial charge in [0.25, 0.3) is 0 Å². The molecule has 3 aliphatic heterocycles. The van der Waals surface area contributed by atoms with E-state index < -0.39 is 24.3 Å². The predicted molar refractivity (Wildman–Crippen MR) is 246 cm³/mol. The number of aromatic amines is 2. The number of aliphatic hydroxyl groups is 1. The molecule has 5 amide bonds. The molecule has 3 fully saturated rings. The molecule has 0 aliphatic carbocycles. The van der Waals surface area contributed by atoms with Crippen LogP contribution in [-0.4, -0.2) is 109 Å². The van der Waals surface area contributed by atoms with E-state index in [1.54, 1.807) is 4.90 Å². The quantitative estimate of drug-likeness (QED) is 0.0884. The Morgan fingerprint density at radius 1 is 0.754 bits per heavy atom. The highest BCUT2D eigenvalue weighted by Crippen LogP contribution is 2.36. The fourth-order valence-electron chi connectivity index (χ4n) is 9.48. The molecule has 336 valence electrons. The van der Waals surface area contributed by atoms with Crippen molar-refractivity contribution in [1.29, 1.82) is 0 Å².